The molecule has 1 saturated heterocycles. The number of nitrogens with one attached hydrogen (secondary N) is 1. The largest absolute Gasteiger partial charge is 0.396 e. The minimum atomic E-state index is -0.132. The predicted molar refractivity (Wildman–Crippen MR) is 41.3 cm³/mol. The average molecular weight is 177 g/mol. The van der Waals surface area contributed by atoms with E-state index < -0.39 is 0 Å². The molecule has 0 aromatic heterocycles. The van der Waals surface area contributed by atoms with Crippen LogP contribution in [0.15, 0.2) is 0 Å². The fourth-order valence-corrected chi connectivity index (χ4v) is 1.26. The van der Waals surface area contributed by atoms with Gasteiger partial charge >= 0.3 is 0 Å². The highest BCUT2D eigenvalue weighted by atomic mass is 16.3. The Hall–Kier alpha value is -0.240. The van der Waals surface area contributed by atoms with Crippen LogP contribution in [-0.4, -0.2) is 58.5 Å². The highest BCUT2D eigenvalue weighted by molar-refractivity contribution is 4.68. The Bertz CT molecular complexity index is 105. The van der Waals surface area contributed by atoms with Gasteiger partial charge in [-0.1, -0.05) is 0 Å². The number of rotatable bonds is 3. The lowest BCUT2D eigenvalue weighted by Gasteiger charge is -2.37. The van der Waals surface area contributed by atoms with E-state index in [2.05, 4.69) is 5.53 Å². The van der Waals surface area contributed by atoms with Crippen LogP contribution >= 0.6 is 0 Å². The molecule has 12 heavy (non-hydrogen) atoms. The highest BCUT2D eigenvalue weighted by Gasteiger charge is 2.23. The van der Waals surface area contributed by atoms with E-state index in [9.17, 15) is 0 Å². The maximum Gasteiger partial charge on any atom is 0.110 e. The average Bonchev–Trinajstić information content (AvgIpc) is 2.16. The van der Waals surface area contributed by atoms with Crippen molar-refractivity contribution >= 4 is 0 Å². The van der Waals surface area contributed by atoms with Gasteiger partial charge in [-0.05, 0) is 0 Å². The molecule has 0 bridgehead atoms. The van der Waals surface area contributed by atoms with Crippen LogP contribution in [0.1, 0.15) is 0 Å². The van der Waals surface area contributed by atoms with Crippen molar-refractivity contribution in [2.45, 2.75) is 0 Å². The Balaban J connectivity index is 2.41. The van der Waals surface area contributed by atoms with Gasteiger partial charge in [0, 0.05) is 25.6 Å². The minimum absolute atomic E-state index is 0.0642. The van der Waals surface area contributed by atoms with Gasteiger partial charge in [-0.2, -0.15) is 5.53 Å². The van der Waals surface area contributed by atoms with Crippen molar-refractivity contribution in [2.75, 3.05) is 33.2 Å². The van der Waals surface area contributed by atoms with Gasteiger partial charge in [-0.25, -0.2) is 10.0 Å². The molecular formula is C6H15N3O3. The van der Waals surface area contributed by atoms with Crippen molar-refractivity contribution in [1.82, 2.24) is 15.6 Å². The second kappa shape index (κ2) is 4.70. The molecule has 6 nitrogen and oxygen atoms in total. The van der Waals surface area contributed by atoms with E-state index in [0.717, 1.165) is 0 Å². The lowest BCUT2D eigenvalue weighted by molar-refractivity contribution is -0.118. The van der Waals surface area contributed by atoms with Gasteiger partial charge in [0.2, 0.25) is 0 Å². The van der Waals surface area contributed by atoms with Crippen molar-refractivity contribution in [3.8, 4) is 0 Å². The molecule has 1 aliphatic heterocycles. The smallest absolute Gasteiger partial charge is 0.110 e. The van der Waals surface area contributed by atoms with Crippen LogP contribution in [0.4, 0.5) is 0 Å². The van der Waals surface area contributed by atoms with Crippen molar-refractivity contribution < 1.29 is 15.3 Å². The van der Waals surface area contributed by atoms with Gasteiger partial charge in [0.05, 0.1) is 0 Å². The van der Waals surface area contributed by atoms with Gasteiger partial charge in [0.1, 0.15) is 13.5 Å². The molecule has 0 spiro atoms. The topological polar surface area (TPSA) is 79.2 Å². The van der Waals surface area contributed by atoms with E-state index in [1.54, 1.807) is 0 Å². The molecule has 0 amide bonds. The van der Waals surface area contributed by atoms with Crippen LogP contribution in [0.3, 0.4) is 0 Å². The SMILES string of the molecule is OCC1CN(CO)NN(CO)C1. The lowest BCUT2D eigenvalue weighted by Crippen LogP contribution is -2.59. The quantitative estimate of drug-likeness (QED) is 0.383. The first-order valence-corrected chi connectivity index (χ1v) is 3.89. The molecular weight excluding hydrogens is 162 g/mol. The second-order valence-corrected chi connectivity index (χ2v) is 2.88. The summed E-state index contributed by atoms with van der Waals surface area (Å²) in [6, 6.07) is 0. The van der Waals surface area contributed by atoms with Crippen LogP contribution < -0.4 is 5.53 Å². The number of hydrazine groups is 2. The molecule has 1 fully saturated rings. The summed E-state index contributed by atoms with van der Waals surface area (Å²) in [5.74, 6) is 0.0746. The maximum absolute atomic E-state index is 8.87. The monoisotopic (exact) mass is 177 g/mol. The summed E-state index contributed by atoms with van der Waals surface area (Å²) in [7, 11) is 0. The highest BCUT2D eigenvalue weighted by Crippen LogP contribution is 2.05. The zero-order chi connectivity index (χ0) is 8.97. The van der Waals surface area contributed by atoms with Crippen LogP contribution in [-0.2, 0) is 0 Å². The van der Waals surface area contributed by atoms with Gasteiger partial charge < -0.3 is 15.3 Å². The summed E-state index contributed by atoms with van der Waals surface area (Å²) >= 11 is 0. The fraction of sp³-hybridized carbons (Fsp3) is 1.00. The fourth-order valence-electron chi connectivity index (χ4n) is 1.26. The number of hydrogen-bond acceptors (Lipinski definition) is 6. The Morgan fingerprint density at radius 2 is 1.58 bits per heavy atom. The van der Waals surface area contributed by atoms with Gasteiger partial charge in [-0.3, -0.25) is 0 Å². The molecule has 0 radical (unpaired) electrons. The molecule has 0 aromatic carbocycles. The molecule has 0 atom stereocenters. The number of nitrogens with zero attached hydrogens (tertiary/aromatic N) is 2. The van der Waals surface area contributed by atoms with Crippen molar-refractivity contribution in [1.29, 1.82) is 0 Å². The first kappa shape index (κ1) is 9.85. The van der Waals surface area contributed by atoms with Crippen molar-refractivity contribution in [3.63, 3.8) is 0 Å². The summed E-state index contributed by atoms with van der Waals surface area (Å²) in [5.41, 5.74) is 2.77. The number of aliphatic hydroxyl groups excluding tert-OH is 3. The maximum atomic E-state index is 8.87. The van der Waals surface area contributed by atoms with Crippen molar-refractivity contribution in [3.05, 3.63) is 0 Å². The third-order valence-electron chi connectivity index (χ3n) is 1.84. The molecule has 0 unspecified atom stereocenters. The molecule has 72 valence electrons. The van der Waals surface area contributed by atoms with E-state index in [4.69, 9.17) is 15.3 Å². The summed E-state index contributed by atoms with van der Waals surface area (Å²) in [5, 5.41) is 29.5. The van der Waals surface area contributed by atoms with Crippen LogP contribution in [0.5, 0.6) is 0 Å². The van der Waals surface area contributed by atoms with Crippen molar-refractivity contribution in [2.24, 2.45) is 5.92 Å². The van der Waals surface area contributed by atoms with E-state index in [1.165, 1.54) is 10.0 Å². The molecule has 0 aliphatic carbocycles. The predicted octanol–water partition coefficient (Wildman–Crippen LogP) is -2.47. The molecule has 1 rings (SSSR count). The summed E-state index contributed by atoms with van der Waals surface area (Å²) in [6.45, 7) is 0.974. The Morgan fingerprint density at radius 3 is 1.92 bits per heavy atom. The van der Waals surface area contributed by atoms with Gasteiger partial charge in [0.25, 0.3) is 0 Å². The molecule has 1 aliphatic rings. The molecule has 0 saturated carbocycles. The number of hydrogen-bond donors (Lipinski definition) is 4. The normalized spacial score (nSPS) is 23.2. The molecule has 0 aromatic rings. The Kier molecular flexibility index (Phi) is 3.86. The Labute approximate surface area is 71.0 Å². The van der Waals surface area contributed by atoms with Crippen LogP contribution in [0.25, 0.3) is 0 Å². The first-order valence-electron chi connectivity index (χ1n) is 3.89. The molecule has 4 N–H and O–H groups in total. The number of aliphatic hydroxyl groups is 3. The molecule has 6 heteroatoms. The van der Waals surface area contributed by atoms with E-state index in [1.807, 2.05) is 0 Å². The second-order valence-electron chi connectivity index (χ2n) is 2.88. The zero-order valence-electron chi connectivity index (χ0n) is 6.85. The van der Waals surface area contributed by atoms with Gasteiger partial charge in [0.15, 0.2) is 0 Å². The standard InChI is InChI=1S/C6H15N3O3/c10-3-6-1-8(4-11)7-9(2-6)5-12/h6-7,10-12H,1-5H2. The zero-order valence-corrected chi connectivity index (χ0v) is 6.85. The van der Waals surface area contributed by atoms with E-state index in [-0.39, 0.29) is 26.0 Å². The van der Waals surface area contributed by atoms with Crippen LogP contribution in [0.2, 0.25) is 0 Å². The lowest BCUT2D eigenvalue weighted by atomic mass is 10.1. The first-order chi connectivity index (χ1) is 5.80. The third-order valence-corrected chi connectivity index (χ3v) is 1.84. The third kappa shape index (κ3) is 2.37. The summed E-state index contributed by atoms with van der Waals surface area (Å²) in [6.07, 6.45) is 0. The van der Waals surface area contributed by atoms with Crippen LogP contribution in [0, 0.1) is 5.92 Å². The summed E-state index contributed by atoms with van der Waals surface area (Å²) < 4.78 is 0. The van der Waals surface area contributed by atoms with Gasteiger partial charge in [-0.15, -0.1) is 0 Å². The summed E-state index contributed by atoms with van der Waals surface area (Å²) in [4.78, 5) is 0. The van der Waals surface area contributed by atoms with E-state index in [0.29, 0.717) is 13.1 Å². The van der Waals surface area contributed by atoms with E-state index >= 15 is 0 Å². The minimum Gasteiger partial charge on any atom is -0.396 e. The molecule has 1 heterocycles. The Morgan fingerprint density at radius 1 is 1.08 bits per heavy atom.